The fourth-order valence-electron chi connectivity index (χ4n) is 5.88. The molecule has 0 saturated heterocycles. The van der Waals surface area contributed by atoms with Crippen LogP contribution in [0, 0.1) is 11.8 Å². The first-order chi connectivity index (χ1) is 19.7. The molecule has 0 radical (unpaired) electrons. The Labute approximate surface area is 241 Å². The van der Waals surface area contributed by atoms with Crippen LogP contribution in [0.2, 0.25) is 0 Å². The lowest BCUT2D eigenvalue weighted by Crippen LogP contribution is -2.31. The molecule has 2 saturated carbocycles. The maximum absolute atomic E-state index is 14.1. The van der Waals surface area contributed by atoms with Gasteiger partial charge in [0.05, 0.1) is 29.8 Å². The summed E-state index contributed by atoms with van der Waals surface area (Å²) in [7, 11) is 0. The van der Waals surface area contributed by atoms with E-state index in [1.54, 1.807) is 27.7 Å². The van der Waals surface area contributed by atoms with E-state index in [0.717, 1.165) is 19.8 Å². The van der Waals surface area contributed by atoms with E-state index in [9.17, 15) is 27.2 Å². The second-order valence-electron chi connectivity index (χ2n) is 12.2. The molecule has 2 fully saturated rings. The van der Waals surface area contributed by atoms with Crippen LogP contribution in [0.15, 0.2) is 24.5 Å². The average Bonchev–Trinajstić information content (AvgIpc) is 3.50. The first-order valence-corrected chi connectivity index (χ1v) is 14.5. The monoisotopic (exact) mass is 591 g/mol. The van der Waals surface area contributed by atoms with Gasteiger partial charge in [-0.25, -0.2) is 27.1 Å². The standard InChI is InChI=1S/C29H37F4N7O2/c1-16(2)40-22(27(34)42)13-20(38-40)25(17-6-10-29(32,33)11-7-17)21-15-39-23(36-21)12-19(14-35-39)26(18-4-5-18)37-24(41)8-9-28(3,30)31/h12-18,25-26H,4-11H2,1-3H3,(H2,34,42)(H,37,41)/t25-,26-/m1/s1. The van der Waals surface area contributed by atoms with Gasteiger partial charge in [-0.15, -0.1) is 0 Å². The first kappa shape index (κ1) is 30.0. The SMILES string of the molecule is CC(C)n1nc([C@H](c2cn3ncc([C@H](NC(=O)CCC(C)(F)F)C4CC4)cc3n2)C2CCC(F)(F)CC2)cc1C(N)=O. The predicted octanol–water partition coefficient (Wildman–Crippen LogP) is 5.57. The summed E-state index contributed by atoms with van der Waals surface area (Å²) in [5, 5.41) is 12.1. The van der Waals surface area contributed by atoms with Crippen LogP contribution in [0.4, 0.5) is 17.6 Å². The number of amides is 2. The van der Waals surface area contributed by atoms with Crippen molar-refractivity contribution in [3.63, 3.8) is 0 Å². The summed E-state index contributed by atoms with van der Waals surface area (Å²) in [6, 6.07) is 2.90. The van der Waals surface area contributed by atoms with E-state index < -0.39 is 36.0 Å². The molecule has 0 unspecified atom stereocenters. The Morgan fingerprint density at radius 2 is 1.81 bits per heavy atom. The molecule has 2 aliphatic rings. The Bertz CT molecular complexity index is 1450. The van der Waals surface area contributed by atoms with Crippen molar-refractivity contribution in [2.24, 2.45) is 17.6 Å². The van der Waals surface area contributed by atoms with Gasteiger partial charge in [0.25, 0.3) is 5.91 Å². The van der Waals surface area contributed by atoms with Crippen molar-refractivity contribution in [3.05, 3.63) is 47.2 Å². The zero-order valence-corrected chi connectivity index (χ0v) is 24.0. The van der Waals surface area contributed by atoms with Gasteiger partial charge in [-0.1, -0.05) is 0 Å². The number of hydrogen-bond acceptors (Lipinski definition) is 5. The Morgan fingerprint density at radius 3 is 2.38 bits per heavy atom. The number of nitrogens with two attached hydrogens (primary N) is 1. The highest BCUT2D eigenvalue weighted by Crippen LogP contribution is 2.45. The molecular formula is C29H37F4N7O2. The number of carbonyl (C=O) groups is 2. The Hall–Kier alpha value is -3.51. The van der Waals surface area contributed by atoms with Crippen molar-refractivity contribution in [1.29, 1.82) is 0 Å². The van der Waals surface area contributed by atoms with Crippen LogP contribution in [-0.4, -0.2) is 48.0 Å². The molecule has 5 rings (SSSR count). The molecule has 9 nitrogen and oxygen atoms in total. The van der Waals surface area contributed by atoms with E-state index in [1.165, 1.54) is 0 Å². The molecule has 2 aliphatic carbocycles. The number of halogens is 4. The average molecular weight is 592 g/mol. The molecule has 3 aromatic heterocycles. The van der Waals surface area contributed by atoms with Crippen LogP contribution in [0.5, 0.6) is 0 Å². The summed E-state index contributed by atoms with van der Waals surface area (Å²) in [4.78, 5) is 29.5. The lowest BCUT2D eigenvalue weighted by atomic mass is 9.76. The molecule has 3 aromatic rings. The number of primary amides is 1. The van der Waals surface area contributed by atoms with E-state index in [2.05, 4.69) is 10.4 Å². The highest BCUT2D eigenvalue weighted by atomic mass is 19.3. The molecule has 2 amide bonds. The molecular weight excluding hydrogens is 554 g/mol. The molecule has 3 heterocycles. The predicted molar refractivity (Wildman–Crippen MR) is 146 cm³/mol. The number of aromatic nitrogens is 5. The van der Waals surface area contributed by atoms with Crippen LogP contribution >= 0.6 is 0 Å². The summed E-state index contributed by atoms with van der Waals surface area (Å²) >= 11 is 0. The zero-order chi connectivity index (χ0) is 30.4. The van der Waals surface area contributed by atoms with Gasteiger partial charge < -0.3 is 11.1 Å². The quantitative estimate of drug-likeness (QED) is 0.283. The third kappa shape index (κ3) is 6.75. The van der Waals surface area contributed by atoms with Crippen molar-refractivity contribution in [2.45, 2.75) is 102 Å². The smallest absolute Gasteiger partial charge is 0.266 e. The van der Waals surface area contributed by atoms with Crippen LogP contribution < -0.4 is 11.1 Å². The Balaban J connectivity index is 1.48. The lowest BCUT2D eigenvalue weighted by Gasteiger charge is -2.32. The van der Waals surface area contributed by atoms with Crippen molar-refractivity contribution in [3.8, 4) is 0 Å². The molecule has 0 bridgehead atoms. The summed E-state index contributed by atoms with van der Waals surface area (Å²) < 4.78 is 57.9. The number of fused-ring (bicyclic) bond motifs is 1. The van der Waals surface area contributed by atoms with Crippen molar-refractivity contribution < 1.29 is 27.2 Å². The van der Waals surface area contributed by atoms with Gasteiger partial charge in [0.2, 0.25) is 17.8 Å². The van der Waals surface area contributed by atoms with Gasteiger partial charge in [-0.2, -0.15) is 10.2 Å². The van der Waals surface area contributed by atoms with Gasteiger partial charge >= 0.3 is 0 Å². The van der Waals surface area contributed by atoms with Crippen LogP contribution in [0.25, 0.3) is 5.65 Å². The fraction of sp³-hybridized carbons (Fsp3) is 0.621. The van der Waals surface area contributed by atoms with E-state index >= 15 is 0 Å². The molecule has 0 aromatic carbocycles. The van der Waals surface area contributed by atoms with E-state index in [-0.39, 0.29) is 61.7 Å². The third-order valence-electron chi connectivity index (χ3n) is 8.29. The Morgan fingerprint density at radius 1 is 1.12 bits per heavy atom. The van der Waals surface area contributed by atoms with Gasteiger partial charge in [-0.3, -0.25) is 14.3 Å². The summed E-state index contributed by atoms with van der Waals surface area (Å²) in [5.41, 5.74) is 8.19. The van der Waals surface area contributed by atoms with Gasteiger partial charge in [0.1, 0.15) is 5.69 Å². The molecule has 13 heteroatoms. The summed E-state index contributed by atoms with van der Waals surface area (Å²) in [6.07, 6.45) is 4.38. The number of nitrogens with zero attached hydrogens (tertiary/aromatic N) is 5. The lowest BCUT2D eigenvalue weighted by molar-refractivity contribution is -0.123. The number of nitrogens with one attached hydrogen (secondary N) is 1. The van der Waals surface area contributed by atoms with Gasteiger partial charge in [0.15, 0.2) is 5.65 Å². The second-order valence-corrected chi connectivity index (χ2v) is 12.2. The minimum Gasteiger partial charge on any atom is -0.364 e. The molecule has 0 spiro atoms. The van der Waals surface area contributed by atoms with E-state index in [1.807, 2.05) is 19.9 Å². The second kappa shape index (κ2) is 11.3. The van der Waals surface area contributed by atoms with Crippen LogP contribution in [0.1, 0.15) is 118 Å². The van der Waals surface area contributed by atoms with E-state index in [4.69, 9.17) is 15.8 Å². The zero-order valence-electron chi connectivity index (χ0n) is 24.0. The molecule has 3 N–H and O–H groups in total. The van der Waals surface area contributed by atoms with Crippen molar-refractivity contribution in [2.75, 3.05) is 0 Å². The van der Waals surface area contributed by atoms with Gasteiger partial charge in [0, 0.05) is 37.6 Å². The normalized spacial score (nSPS) is 19.2. The first-order valence-electron chi connectivity index (χ1n) is 14.5. The largest absolute Gasteiger partial charge is 0.364 e. The number of carbonyl (C=O) groups excluding carboxylic acids is 2. The van der Waals surface area contributed by atoms with Crippen LogP contribution in [-0.2, 0) is 4.79 Å². The van der Waals surface area contributed by atoms with Crippen LogP contribution in [0.3, 0.4) is 0 Å². The number of alkyl halides is 4. The highest BCUT2D eigenvalue weighted by Gasteiger charge is 2.41. The number of imidazole rings is 1. The molecule has 228 valence electrons. The number of rotatable bonds is 11. The van der Waals surface area contributed by atoms with Gasteiger partial charge in [-0.05, 0) is 76.0 Å². The maximum atomic E-state index is 14.1. The summed E-state index contributed by atoms with van der Waals surface area (Å²) in [6.45, 7) is 4.54. The number of hydrogen-bond donors (Lipinski definition) is 2. The minimum atomic E-state index is -2.92. The minimum absolute atomic E-state index is 0.152. The third-order valence-corrected chi connectivity index (χ3v) is 8.29. The molecule has 0 aliphatic heterocycles. The summed E-state index contributed by atoms with van der Waals surface area (Å²) in [5.74, 6) is -7.21. The van der Waals surface area contributed by atoms with Crippen molar-refractivity contribution in [1.82, 2.24) is 29.7 Å². The molecule has 2 atom stereocenters. The topological polar surface area (TPSA) is 120 Å². The molecule has 42 heavy (non-hydrogen) atoms. The maximum Gasteiger partial charge on any atom is 0.266 e. The highest BCUT2D eigenvalue weighted by molar-refractivity contribution is 5.91. The Kier molecular flexibility index (Phi) is 8.06. The van der Waals surface area contributed by atoms with Crippen molar-refractivity contribution >= 4 is 17.5 Å². The fourth-order valence-corrected chi connectivity index (χ4v) is 5.88. The van der Waals surface area contributed by atoms with E-state index in [0.29, 0.717) is 22.6 Å².